The van der Waals surface area contributed by atoms with Crippen LogP contribution in [-0.4, -0.2) is 26.6 Å². The van der Waals surface area contributed by atoms with Crippen molar-refractivity contribution in [3.63, 3.8) is 0 Å². The van der Waals surface area contributed by atoms with Gasteiger partial charge in [-0.05, 0) is 34.7 Å². The molecule has 0 aliphatic heterocycles. The van der Waals surface area contributed by atoms with Gasteiger partial charge in [-0.1, -0.05) is 87.5 Å². The van der Waals surface area contributed by atoms with Gasteiger partial charge in [0.05, 0.1) is 6.61 Å². The number of benzene rings is 2. The van der Waals surface area contributed by atoms with Crippen LogP contribution < -0.4 is 10.4 Å². The van der Waals surface area contributed by atoms with Crippen LogP contribution in [-0.2, 0) is 4.43 Å². The maximum absolute atomic E-state index is 13.0. The van der Waals surface area contributed by atoms with E-state index in [1.807, 2.05) is 12.1 Å². The predicted octanol–water partition coefficient (Wildman–Crippen LogP) is 4.58. The molecule has 1 N–H and O–H groups in total. The average molecular weight is 387 g/mol. The van der Waals surface area contributed by atoms with E-state index in [1.165, 1.54) is 16.4 Å². The highest BCUT2D eigenvalue weighted by Crippen LogP contribution is 2.36. The van der Waals surface area contributed by atoms with Gasteiger partial charge in [0.2, 0.25) is 0 Å². The van der Waals surface area contributed by atoms with E-state index < -0.39 is 20.8 Å². The Morgan fingerprint density at radius 3 is 1.93 bits per heavy atom. The molecule has 0 unspecified atom stereocenters. The molecule has 2 aromatic carbocycles. The van der Waals surface area contributed by atoms with Crippen LogP contribution in [0, 0.1) is 0 Å². The van der Waals surface area contributed by atoms with Gasteiger partial charge in [0, 0.05) is 6.61 Å². The van der Waals surface area contributed by atoms with Crippen molar-refractivity contribution >= 4 is 18.7 Å². The van der Waals surface area contributed by atoms with Gasteiger partial charge in [0.15, 0.2) is 0 Å². The van der Waals surface area contributed by atoms with Crippen LogP contribution in [0.2, 0.25) is 5.04 Å². The van der Waals surface area contributed by atoms with E-state index in [-0.39, 0.29) is 5.04 Å². The van der Waals surface area contributed by atoms with Crippen LogP contribution in [0.5, 0.6) is 0 Å². The molecular weight excluding hydrogens is 355 g/mol. The predicted molar refractivity (Wildman–Crippen MR) is 114 cm³/mol. The van der Waals surface area contributed by atoms with Crippen LogP contribution in [0.25, 0.3) is 0 Å². The summed E-state index contributed by atoms with van der Waals surface area (Å²) in [5.41, 5.74) is 0. The van der Waals surface area contributed by atoms with Gasteiger partial charge in [0.25, 0.3) is 8.32 Å². The first-order chi connectivity index (χ1) is 12.9. The maximum atomic E-state index is 13.0. The average Bonchev–Trinajstić information content (AvgIpc) is 2.67. The highest BCUT2D eigenvalue weighted by molar-refractivity contribution is 6.99. The van der Waals surface area contributed by atoms with Crippen molar-refractivity contribution in [1.82, 2.24) is 0 Å². The zero-order valence-corrected chi connectivity index (χ0v) is 17.6. The summed E-state index contributed by atoms with van der Waals surface area (Å²) in [5.74, 6) is -0.456. The summed E-state index contributed by atoms with van der Waals surface area (Å²) in [4.78, 5) is 0. The first-order valence-corrected chi connectivity index (χ1v) is 11.5. The molecule has 0 saturated carbocycles. The van der Waals surface area contributed by atoms with Crippen molar-refractivity contribution in [2.45, 2.75) is 45.1 Å². The first-order valence-electron chi connectivity index (χ1n) is 9.62. The lowest BCUT2D eigenvalue weighted by Crippen LogP contribution is -2.66. The van der Waals surface area contributed by atoms with Gasteiger partial charge >= 0.3 is 0 Å². The van der Waals surface area contributed by atoms with Crippen LogP contribution in [0.4, 0.5) is 4.39 Å². The van der Waals surface area contributed by atoms with Crippen molar-refractivity contribution in [2.75, 3.05) is 13.2 Å². The zero-order chi connectivity index (χ0) is 19.8. The number of rotatable bonds is 9. The Bertz CT molecular complexity index is 669. The number of halogens is 1. The molecule has 0 radical (unpaired) electrons. The van der Waals surface area contributed by atoms with E-state index in [1.54, 1.807) is 0 Å². The third kappa shape index (κ3) is 5.38. The number of hydrogen-bond acceptors (Lipinski definition) is 2. The largest absolute Gasteiger partial charge is 0.407 e. The molecule has 4 heteroatoms. The summed E-state index contributed by atoms with van der Waals surface area (Å²) < 4.78 is 19.8. The monoisotopic (exact) mass is 386 g/mol. The van der Waals surface area contributed by atoms with E-state index in [2.05, 4.69) is 69.3 Å². The molecule has 0 fully saturated rings. The molecule has 0 aliphatic carbocycles. The van der Waals surface area contributed by atoms with Crippen molar-refractivity contribution in [1.29, 1.82) is 0 Å². The lowest BCUT2D eigenvalue weighted by molar-refractivity contribution is 0.287. The molecule has 0 aromatic heterocycles. The summed E-state index contributed by atoms with van der Waals surface area (Å²) in [7, 11) is -2.47. The van der Waals surface area contributed by atoms with E-state index in [0.717, 1.165) is 12.8 Å². The molecule has 27 heavy (non-hydrogen) atoms. The number of unbranched alkanes of at least 4 members (excludes halogenated alkanes) is 2. The Hall–Kier alpha value is -1.75. The molecule has 2 rings (SSSR count). The van der Waals surface area contributed by atoms with Crippen molar-refractivity contribution in [2.24, 2.45) is 0 Å². The standard InChI is InChI=1S/C23H31FO2Si/c1-23(2,3)27(21-14-8-4-9-15-21,22-16-10-5-11-17-22)26-18-12-6-7-13-20(24)19-25/h4-5,8-11,13-17,25H,6-7,12,18-19H2,1-3H3. The zero-order valence-electron chi connectivity index (χ0n) is 16.6. The van der Waals surface area contributed by atoms with Crippen molar-refractivity contribution in [3.05, 3.63) is 72.6 Å². The fraction of sp³-hybridized carbons (Fsp3) is 0.391. The quantitative estimate of drug-likeness (QED) is 0.505. The molecule has 2 nitrogen and oxygen atoms in total. The second-order valence-corrected chi connectivity index (χ2v) is 12.1. The summed E-state index contributed by atoms with van der Waals surface area (Å²) in [6.45, 7) is 6.91. The summed E-state index contributed by atoms with van der Waals surface area (Å²) in [6, 6.07) is 21.1. The lowest BCUT2D eigenvalue weighted by Gasteiger charge is -2.43. The Kier molecular flexibility index (Phi) is 7.96. The fourth-order valence-corrected chi connectivity index (χ4v) is 8.16. The van der Waals surface area contributed by atoms with E-state index in [9.17, 15) is 4.39 Å². The molecule has 2 aromatic rings. The lowest BCUT2D eigenvalue weighted by atomic mass is 10.2. The minimum Gasteiger partial charge on any atom is -0.407 e. The Morgan fingerprint density at radius 2 is 1.48 bits per heavy atom. The smallest absolute Gasteiger partial charge is 0.261 e. The van der Waals surface area contributed by atoms with Gasteiger partial charge in [-0.15, -0.1) is 0 Å². The molecule has 0 atom stereocenters. The maximum Gasteiger partial charge on any atom is 0.261 e. The molecule has 0 saturated heterocycles. The Morgan fingerprint density at radius 1 is 0.963 bits per heavy atom. The highest BCUT2D eigenvalue weighted by atomic mass is 28.4. The number of hydrogen-bond donors (Lipinski definition) is 1. The van der Waals surface area contributed by atoms with Crippen LogP contribution in [0.1, 0.15) is 40.0 Å². The minimum atomic E-state index is -2.47. The summed E-state index contributed by atoms with van der Waals surface area (Å²) in [5, 5.41) is 11.2. The number of aliphatic hydroxyl groups excluding tert-OH is 1. The minimum absolute atomic E-state index is 0.0292. The second kappa shape index (κ2) is 9.97. The Balaban J connectivity index is 2.25. The molecule has 0 bridgehead atoms. The van der Waals surface area contributed by atoms with Crippen LogP contribution >= 0.6 is 0 Å². The van der Waals surface area contributed by atoms with Gasteiger partial charge in [-0.25, -0.2) is 4.39 Å². The van der Waals surface area contributed by atoms with Gasteiger partial charge in [-0.2, -0.15) is 0 Å². The molecule has 146 valence electrons. The van der Waals surface area contributed by atoms with E-state index >= 15 is 0 Å². The molecule has 0 aliphatic rings. The number of aliphatic hydroxyl groups is 1. The topological polar surface area (TPSA) is 29.5 Å². The van der Waals surface area contributed by atoms with Gasteiger partial charge < -0.3 is 9.53 Å². The summed E-state index contributed by atoms with van der Waals surface area (Å²) >= 11 is 0. The van der Waals surface area contributed by atoms with Crippen molar-refractivity contribution < 1.29 is 13.9 Å². The van der Waals surface area contributed by atoms with E-state index in [4.69, 9.17) is 9.53 Å². The number of allylic oxidation sites excluding steroid dienone is 1. The fourth-order valence-electron chi connectivity index (χ4n) is 3.56. The molecule has 0 amide bonds. The SMILES string of the molecule is CC(C)(C)[Si](OCCCCC=C(F)CO)(c1ccccc1)c1ccccc1. The first kappa shape index (κ1) is 21.5. The van der Waals surface area contributed by atoms with Crippen LogP contribution in [0.15, 0.2) is 72.6 Å². The highest BCUT2D eigenvalue weighted by Gasteiger charge is 2.49. The summed E-state index contributed by atoms with van der Waals surface area (Å²) in [6.07, 6.45) is 3.78. The molecule has 0 spiro atoms. The second-order valence-electron chi connectivity index (χ2n) is 7.82. The van der Waals surface area contributed by atoms with Gasteiger partial charge in [0.1, 0.15) is 5.83 Å². The van der Waals surface area contributed by atoms with E-state index in [0.29, 0.717) is 13.0 Å². The third-order valence-corrected chi connectivity index (χ3v) is 9.89. The molecular formula is C23H31FO2Si. The van der Waals surface area contributed by atoms with Gasteiger partial charge in [-0.3, -0.25) is 0 Å². The normalized spacial score (nSPS) is 13.0. The van der Waals surface area contributed by atoms with Crippen LogP contribution in [0.3, 0.4) is 0 Å². The third-order valence-electron chi connectivity index (χ3n) is 4.85. The van der Waals surface area contributed by atoms with Crippen molar-refractivity contribution in [3.8, 4) is 0 Å². The Labute approximate surface area is 163 Å². The molecule has 0 heterocycles.